The summed E-state index contributed by atoms with van der Waals surface area (Å²) in [5, 5.41) is 26.0. The molecule has 2 rings (SSSR count). The molecule has 0 aliphatic heterocycles. The highest BCUT2D eigenvalue weighted by Crippen LogP contribution is 2.17. The highest BCUT2D eigenvalue weighted by atomic mass is 15.2. The van der Waals surface area contributed by atoms with E-state index in [-0.39, 0.29) is 5.82 Å². The Morgan fingerprint density at radius 2 is 1.94 bits per heavy atom. The fourth-order valence-corrected chi connectivity index (χ4v) is 1.46. The summed E-state index contributed by atoms with van der Waals surface area (Å²) in [5.74, 6) is 0.517. The summed E-state index contributed by atoms with van der Waals surface area (Å²) in [7, 11) is 0. The lowest BCUT2D eigenvalue weighted by molar-refractivity contribution is 0.864. The van der Waals surface area contributed by atoms with E-state index < -0.39 is 0 Å². The minimum absolute atomic E-state index is 0.180. The molecule has 0 aliphatic rings. The maximum absolute atomic E-state index is 9.15. The maximum Gasteiger partial charge on any atom is 0.218 e. The molecule has 17 heavy (non-hydrogen) atoms. The van der Waals surface area contributed by atoms with E-state index in [1.807, 2.05) is 6.07 Å². The third kappa shape index (κ3) is 1.62. The highest BCUT2D eigenvalue weighted by molar-refractivity contribution is 5.50. The van der Waals surface area contributed by atoms with Gasteiger partial charge in [-0.05, 0) is 19.4 Å². The molecule has 6 heteroatoms. The van der Waals surface area contributed by atoms with Crippen LogP contribution < -0.4 is 0 Å². The lowest BCUT2D eigenvalue weighted by Gasteiger charge is -2.07. The van der Waals surface area contributed by atoms with Gasteiger partial charge in [0.1, 0.15) is 17.7 Å². The van der Waals surface area contributed by atoms with E-state index in [1.165, 1.54) is 10.8 Å². The van der Waals surface area contributed by atoms with Gasteiger partial charge in [-0.3, -0.25) is 4.57 Å². The number of nitriles is 2. The smallest absolute Gasteiger partial charge is 0.218 e. The molecule has 0 saturated carbocycles. The summed E-state index contributed by atoms with van der Waals surface area (Å²) < 4.78 is 1.46. The van der Waals surface area contributed by atoms with Gasteiger partial charge >= 0.3 is 0 Å². The molecule has 0 atom stereocenters. The molecule has 0 fully saturated rings. The first-order chi connectivity index (χ1) is 8.19. The number of aromatic nitrogens is 4. The van der Waals surface area contributed by atoms with Gasteiger partial charge in [-0.15, -0.1) is 5.10 Å². The summed E-state index contributed by atoms with van der Waals surface area (Å²) in [6.07, 6.45) is 3.06. The largest absolute Gasteiger partial charge is 0.273 e. The number of hydrogen-bond acceptors (Lipinski definition) is 5. The molecule has 2 aromatic heterocycles. The van der Waals surface area contributed by atoms with Crippen molar-refractivity contribution in [1.29, 1.82) is 10.5 Å². The Labute approximate surface area is 97.8 Å². The Kier molecular flexibility index (Phi) is 2.55. The van der Waals surface area contributed by atoms with Crippen LogP contribution in [0.5, 0.6) is 0 Å². The van der Waals surface area contributed by atoms with Crippen molar-refractivity contribution in [2.75, 3.05) is 0 Å². The summed E-state index contributed by atoms with van der Waals surface area (Å²) in [6.45, 7) is 3.58. The highest BCUT2D eigenvalue weighted by Gasteiger charge is 2.14. The molecule has 2 aromatic rings. The van der Waals surface area contributed by atoms with Crippen LogP contribution in [-0.4, -0.2) is 19.7 Å². The van der Waals surface area contributed by atoms with Gasteiger partial charge in [0.2, 0.25) is 5.82 Å². The first-order valence-electron chi connectivity index (χ1n) is 4.86. The second kappa shape index (κ2) is 4.03. The Hall–Kier alpha value is -2.73. The normalized spacial score (nSPS) is 9.65. The van der Waals surface area contributed by atoms with E-state index in [0.717, 1.165) is 5.56 Å². The minimum Gasteiger partial charge on any atom is -0.273 e. The SMILES string of the molecule is Cc1nnc(-n2ccnc2C#N)c(C#N)c1C. The molecule has 0 N–H and O–H groups in total. The molecule has 0 radical (unpaired) electrons. The van der Waals surface area contributed by atoms with Gasteiger partial charge in [-0.2, -0.15) is 15.6 Å². The molecule has 0 aromatic carbocycles. The average Bonchev–Trinajstić information content (AvgIpc) is 2.80. The second-order valence-corrected chi connectivity index (χ2v) is 3.45. The molecule has 2 heterocycles. The first kappa shape index (κ1) is 10.8. The van der Waals surface area contributed by atoms with Crippen molar-refractivity contribution in [2.24, 2.45) is 0 Å². The van der Waals surface area contributed by atoms with Crippen molar-refractivity contribution < 1.29 is 0 Å². The number of imidazole rings is 1. The molecule has 0 bridgehead atoms. The molecule has 0 unspecified atom stereocenters. The molecule has 0 aliphatic carbocycles. The Morgan fingerprint density at radius 3 is 2.59 bits per heavy atom. The standard InChI is InChI=1S/C11H8N6/c1-7-8(2)15-16-11(9(7)5-12)17-4-3-14-10(17)6-13/h3-4H,1-2H3. The van der Waals surface area contributed by atoms with Gasteiger partial charge in [0.25, 0.3) is 0 Å². The lowest BCUT2D eigenvalue weighted by atomic mass is 10.1. The van der Waals surface area contributed by atoms with Gasteiger partial charge in [0, 0.05) is 12.4 Å². The summed E-state index contributed by atoms with van der Waals surface area (Å²) in [5.41, 5.74) is 1.87. The van der Waals surface area contributed by atoms with Crippen LogP contribution in [0.4, 0.5) is 0 Å². The third-order valence-electron chi connectivity index (χ3n) is 2.52. The van der Waals surface area contributed by atoms with Crippen molar-refractivity contribution in [1.82, 2.24) is 19.7 Å². The van der Waals surface area contributed by atoms with Gasteiger partial charge < -0.3 is 0 Å². The van der Waals surface area contributed by atoms with Crippen LogP contribution >= 0.6 is 0 Å². The molecular formula is C11H8N6. The van der Waals surface area contributed by atoms with E-state index in [9.17, 15) is 0 Å². The zero-order valence-electron chi connectivity index (χ0n) is 9.34. The van der Waals surface area contributed by atoms with Crippen molar-refractivity contribution in [2.45, 2.75) is 13.8 Å². The molecular weight excluding hydrogens is 216 g/mol. The van der Waals surface area contributed by atoms with Crippen LogP contribution in [0.25, 0.3) is 5.82 Å². The number of rotatable bonds is 1. The number of nitrogens with zero attached hydrogens (tertiary/aromatic N) is 6. The fourth-order valence-electron chi connectivity index (χ4n) is 1.46. The topological polar surface area (TPSA) is 91.2 Å². The monoisotopic (exact) mass is 224 g/mol. The molecule has 0 spiro atoms. The Bertz CT molecular complexity index is 656. The zero-order valence-corrected chi connectivity index (χ0v) is 9.34. The van der Waals surface area contributed by atoms with Crippen molar-refractivity contribution in [3.8, 4) is 18.0 Å². The van der Waals surface area contributed by atoms with Crippen molar-refractivity contribution in [3.63, 3.8) is 0 Å². The predicted octanol–water partition coefficient (Wildman–Crippen LogP) is 1.02. The van der Waals surface area contributed by atoms with Gasteiger partial charge in [-0.25, -0.2) is 4.98 Å². The minimum atomic E-state index is 0.180. The average molecular weight is 224 g/mol. The third-order valence-corrected chi connectivity index (χ3v) is 2.52. The number of aryl methyl sites for hydroxylation is 1. The van der Waals surface area contributed by atoms with Crippen LogP contribution in [0, 0.1) is 36.5 Å². The van der Waals surface area contributed by atoms with Gasteiger partial charge in [-0.1, -0.05) is 0 Å². The zero-order chi connectivity index (χ0) is 12.4. The number of hydrogen-bond donors (Lipinski definition) is 0. The molecule has 0 amide bonds. The van der Waals surface area contributed by atoms with E-state index in [4.69, 9.17) is 10.5 Å². The molecule has 82 valence electrons. The summed E-state index contributed by atoms with van der Waals surface area (Å²) in [6, 6.07) is 4.02. The van der Waals surface area contributed by atoms with Crippen LogP contribution in [-0.2, 0) is 0 Å². The lowest BCUT2D eigenvalue weighted by Crippen LogP contribution is -2.07. The predicted molar refractivity (Wildman–Crippen MR) is 58.1 cm³/mol. The van der Waals surface area contributed by atoms with Crippen LogP contribution in [0.2, 0.25) is 0 Å². The summed E-state index contributed by atoms with van der Waals surface area (Å²) >= 11 is 0. The fraction of sp³-hybridized carbons (Fsp3) is 0.182. The molecule has 0 saturated heterocycles. The van der Waals surface area contributed by atoms with Gasteiger partial charge in [0.15, 0.2) is 5.82 Å². The van der Waals surface area contributed by atoms with E-state index in [1.54, 1.807) is 20.0 Å². The van der Waals surface area contributed by atoms with Crippen LogP contribution in [0.15, 0.2) is 12.4 Å². The van der Waals surface area contributed by atoms with E-state index >= 15 is 0 Å². The quantitative estimate of drug-likeness (QED) is 0.721. The van der Waals surface area contributed by atoms with E-state index in [0.29, 0.717) is 17.1 Å². The summed E-state index contributed by atoms with van der Waals surface area (Å²) in [4.78, 5) is 3.86. The van der Waals surface area contributed by atoms with Crippen molar-refractivity contribution in [3.05, 3.63) is 35.0 Å². The van der Waals surface area contributed by atoms with Crippen molar-refractivity contribution >= 4 is 0 Å². The van der Waals surface area contributed by atoms with E-state index in [2.05, 4.69) is 21.3 Å². The van der Waals surface area contributed by atoms with Crippen LogP contribution in [0.3, 0.4) is 0 Å². The Balaban J connectivity index is 2.75. The molecule has 6 nitrogen and oxygen atoms in total. The maximum atomic E-state index is 9.15. The van der Waals surface area contributed by atoms with Crippen LogP contribution in [0.1, 0.15) is 22.6 Å². The Morgan fingerprint density at radius 1 is 1.18 bits per heavy atom. The first-order valence-corrected chi connectivity index (χ1v) is 4.86. The van der Waals surface area contributed by atoms with Gasteiger partial charge in [0.05, 0.1) is 5.69 Å². The second-order valence-electron chi connectivity index (χ2n) is 3.45.